The minimum Gasteiger partial charge on any atom is -0.497 e. The monoisotopic (exact) mass is 383 g/mol. The summed E-state index contributed by atoms with van der Waals surface area (Å²) in [6.07, 6.45) is 1.24. The smallest absolute Gasteiger partial charge is 0.271 e. The van der Waals surface area contributed by atoms with E-state index < -0.39 is 0 Å². The number of amides is 2. The van der Waals surface area contributed by atoms with Gasteiger partial charge in [-0.25, -0.2) is 5.43 Å². The molecule has 0 aliphatic carbocycles. The van der Waals surface area contributed by atoms with Crippen LogP contribution in [-0.2, 0) is 4.79 Å². The summed E-state index contributed by atoms with van der Waals surface area (Å²) >= 11 is 0. The third kappa shape index (κ3) is 5.57. The zero-order chi connectivity index (χ0) is 20.5. The number of anilines is 1. The molecule has 0 aliphatic heterocycles. The van der Waals surface area contributed by atoms with Gasteiger partial charge in [0.1, 0.15) is 11.5 Å². The molecule has 0 radical (unpaired) electrons. The number of benzene rings is 2. The first kappa shape index (κ1) is 21.0. The first-order valence-electron chi connectivity index (χ1n) is 8.95. The standard InChI is InChI=1S/C21H25N3O4/c1-5-6-20(25)22-16-9-7-15(8-10-16)21(26)24-23-14(2)18-12-11-17(27-3)13-19(18)28-4/h7-13H,5-6H2,1-4H3,(H,22,25)(H,24,26). The summed E-state index contributed by atoms with van der Waals surface area (Å²) in [4.78, 5) is 23.9. The lowest BCUT2D eigenvalue weighted by molar-refractivity contribution is -0.116. The first-order chi connectivity index (χ1) is 13.5. The van der Waals surface area contributed by atoms with Gasteiger partial charge in [0.25, 0.3) is 5.91 Å². The number of nitrogens with zero attached hydrogens (tertiary/aromatic N) is 1. The number of hydrazone groups is 1. The summed E-state index contributed by atoms with van der Waals surface area (Å²) < 4.78 is 10.5. The fraction of sp³-hybridized carbons (Fsp3) is 0.286. The minimum atomic E-state index is -0.349. The number of nitrogens with one attached hydrogen (secondary N) is 2. The molecule has 2 N–H and O–H groups in total. The number of methoxy groups -OCH3 is 2. The Hall–Kier alpha value is -3.35. The summed E-state index contributed by atoms with van der Waals surface area (Å²) in [5.41, 5.74) is 4.96. The van der Waals surface area contributed by atoms with Crippen molar-refractivity contribution >= 4 is 23.2 Å². The van der Waals surface area contributed by atoms with Crippen molar-refractivity contribution in [3.63, 3.8) is 0 Å². The molecule has 0 fully saturated rings. The summed E-state index contributed by atoms with van der Waals surface area (Å²) in [5.74, 6) is 0.872. The number of carbonyl (C=O) groups excluding carboxylic acids is 2. The van der Waals surface area contributed by atoms with Crippen LogP contribution in [0.2, 0.25) is 0 Å². The Labute approximate surface area is 164 Å². The lowest BCUT2D eigenvalue weighted by atomic mass is 10.1. The second-order valence-corrected chi connectivity index (χ2v) is 6.08. The Morgan fingerprint density at radius 2 is 1.75 bits per heavy atom. The van der Waals surface area contributed by atoms with E-state index in [2.05, 4.69) is 15.8 Å². The molecule has 0 spiro atoms. The SMILES string of the molecule is CCCC(=O)Nc1ccc(C(=O)NN=C(C)c2ccc(OC)cc2OC)cc1. The Bertz CT molecular complexity index is 860. The van der Waals surface area contributed by atoms with E-state index in [-0.39, 0.29) is 11.8 Å². The molecular formula is C21H25N3O4. The predicted octanol–water partition coefficient (Wildman–Crippen LogP) is 3.60. The number of hydrogen-bond donors (Lipinski definition) is 2. The van der Waals surface area contributed by atoms with Crippen molar-refractivity contribution in [3.8, 4) is 11.5 Å². The normalized spacial score (nSPS) is 10.9. The number of ether oxygens (including phenoxy) is 2. The number of rotatable bonds is 8. The van der Waals surface area contributed by atoms with E-state index in [1.807, 2.05) is 13.0 Å². The fourth-order valence-electron chi connectivity index (χ4n) is 2.51. The van der Waals surface area contributed by atoms with Crippen LogP contribution in [0.4, 0.5) is 5.69 Å². The van der Waals surface area contributed by atoms with Crippen molar-refractivity contribution in [1.82, 2.24) is 5.43 Å². The van der Waals surface area contributed by atoms with E-state index in [0.717, 1.165) is 12.0 Å². The van der Waals surface area contributed by atoms with Gasteiger partial charge < -0.3 is 14.8 Å². The van der Waals surface area contributed by atoms with E-state index in [0.29, 0.717) is 34.9 Å². The molecular weight excluding hydrogens is 358 g/mol. The van der Waals surface area contributed by atoms with Crippen LogP contribution in [0.5, 0.6) is 11.5 Å². The number of carbonyl (C=O) groups is 2. The average molecular weight is 383 g/mol. The molecule has 0 aliphatic rings. The molecule has 0 saturated heterocycles. The van der Waals surface area contributed by atoms with Crippen LogP contribution in [0.1, 0.15) is 42.6 Å². The quantitative estimate of drug-likeness (QED) is 0.538. The van der Waals surface area contributed by atoms with Crippen molar-refractivity contribution in [2.24, 2.45) is 5.10 Å². The minimum absolute atomic E-state index is 0.0478. The second kappa shape index (κ2) is 10.1. The molecule has 2 amide bonds. The van der Waals surface area contributed by atoms with Crippen molar-refractivity contribution in [2.75, 3.05) is 19.5 Å². The Kier molecular flexibility index (Phi) is 7.56. The van der Waals surface area contributed by atoms with Crippen LogP contribution in [0.3, 0.4) is 0 Å². The van der Waals surface area contributed by atoms with Gasteiger partial charge in [-0.2, -0.15) is 5.10 Å². The van der Waals surface area contributed by atoms with E-state index >= 15 is 0 Å². The maximum atomic E-state index is 12.3. The maximum absolute atomic E-state index is 12.3. The lowest BCUT2D eigenvalue weighted by Crippen LogP contribution is -2.19. The van der Waals surface area contributed by atoms with E-state index in [4.69, 9.17) is 9.47 Å². The molecule has 7 heteroatoms. The van der Waals surface area contributed by atoms with Gasteiger partial charge in [0.05, 0.1) is 19.9 Å². The van der Waals surface area contributed by atoms with Crippen LogP contribution in [0.15, 0.2) is 47.6 Å². The maximum Gasteiger partial charge on any atom is 0.271 e. The molecule has 2 rings (SSSR count). The highest BCUT2D eigenvalue weighted by atomic mass is 16.5. The molecule has 148 valence electrons. The summed E-state index contributed by atoms with van der Waals surface area (Å²) in [6, 6.07) is 12.0. The van der Waals surface area contributed by atoms with Gasteiger partial charge in [0.15, 0.2) is 0 Å². The Balaban J connectivity index is 2.05. The summed E-state index contributed by atoms with van der Waals surface area (Å²) in [5, 5.41) is 6.94. The Morgan fingerprint density at radius 1 is 1.04 bits per heavy atom. The topological polar surface area (TPSA) is 89.0 Å². The Morgan fingerprint density at radius 3 is 2.36 bits per heavy atom. The zero-order valence-corrected chi connectivity index (χ0v) is 16.5. The molecule has 2 aromatic rings. The van der Waals surface area contributed by atoms with Crippen LogP contribution in [0, 0.1) is 0 Å². The van der Waals surface area contributed by atoms with Gasteiger partial charge in [0, 0.05) is 29.3 Å². The molecule has 0 bridgehead atoms. The van der Waals surface area contributed by atoms with Gasteiger partial charge >= 0.3 is 0 Å². The van der Waals surface area contributed by atoms with Crippen molar-refractivity contribution < 1.29 is 19.1 Å². The van der Waals surface area contributed by atoms with Crippen LogP contribution >= 0.6 is 0 Å². The van der Waals surface area contributed by atoms with Crippen LogP contribution in [0.25, 0.3) is 0 Å². The highest BCUT2D eigenvalue weighted by Crippen LogP contribution is 2.25. The van der Waals surface area contributed by atoms with Gasteiger partial charge in [0.2, 0.25) is 5.91 Å². The van der Waals surface area contributed by atoms with Crippen LogP contribution in [-0.4, -0.2) is 31.7 Å². The van der Waals surface area contributed by atoms with Gasteiger partial charge in [-0.05, 0) is 49.7 Å². The van der Waals surface area contributed by atoms with Gasteiger partial charge in [-0.3, -0.25) is 9.59 Å². The van der Waals surface area contributed by atoms with Crippen molar-refractivity contribution in [2.45, 2.75) is 26.7 Å². The van der Waals surface area contributed by atoms with Crippen LogP contribution < -0.4 is 20.2 Å². The second-order valence-electron chi connectivity index (χ2n) is 6.08. The zero-order valence-electron chi connectivity index (χ0n) is 16.5. The molecule has 28 heavy (non-hydrogen) atoms. The highest BCUT2D eigenvalue weighted by molar-refractivity contribution is 6.03. The molecule has 0 heterocycles. The molecule has 7 nitrogen and oxygen atoms in total. The van der Waals surface area contributed by atoms with E-state index in [1.165, 1.54) is 0 Å². The molecule has 2 aromatic carbocycles. The van der Waals surface area contributed by atoms with Gasteiger partial charge in [-0.1, -0.05) is 6.92 Å². The third-order valence-electron chi connectivity index (χ3n) is 4.03. The largest absolute Gasteiger partial charge is 0.497 e. The predicted molar refractivity (Wildman–Crippen MR) is 109 cm³/mol. The average Bonchev–Trinajstić information content (AvgIpc) is 2.71. The van der Waals surface area contributed by atoms with E-state index in [1.54, 1.807) is 57.5 Å². The van der Waals surface area contributed by atoms with Crippen molar-refractivity contribution in [1.29, 1.82) is 0 Å². The molecule has 0 saturated carbocycles. The lowest BCUT2D eigenvalue weighted by Gasteiger charge is -2.10. The highest BCUT2D eigenvalue weighted by Gasteiger charge is 2.10. The van der Waals surface area contributed by atoms with Crippen molar-refractivity contribution in [3.05, 3.63) is 53.6 Å². The molecule has 0 atom stereocenters. The molecule has 0 unspecified atom stereocenters. The fourth-order valence-corrected chi connectivity index (χ4v) is 2.51. The summed E-state index contributed by atoms with van der Waals surface area (Å²) in [6.45, 7) is 3.72. The third-order valence-corrected chi connectivity index (χ3v) is 4.03. The number of hydrogen-bond acceptors (Lipinski definition) is 5. The molecule has 0 aromatic heterocycles. The van der Waals surface area contributed by atoms with E-state index in [9.17, 15) is 9.59 Å². The van der Waals surface area contributed by atoms with Gasteiger partial charge in [-0.15, -0.1) is 0 Å². The first-order valence-corrected chi connectivity index (χ1v) is 8.95. The summed E-state index contributed by atoms with van der Waals surface area (Å²) in [7, 11) is 3.14.